The van der Waals surface area contributed by atoms with E-state index in [-0.39, 0.29) is 6.42 Å². The molecule has 0 aliphatic heterocycles. The Kier molecular flexibility index (Phi) is 4.81. The highest BCUT2D eigenvalue weighted by Gasteiger charge is 2.31. The highest BCUT2D eigenvalue weighted by atomic mass is 16.4. The van der Waals surface area contributed by atoms with Gasteiger partial charge in [0.05, 0.1) is 11.4 Å². The standard InChI is InChI=1S/C23H28N4O2/c1-14-11-16(6-5-15(14)7-8-21(28)29)18-12-19(25-24-18)22-17-9-10-23(2,3)13-20(17)27(4)26-22/h5-6,11-12H,7-10,13H2,1-4H3,(H,24,25)(H,28,29). The van der Waals surface area contributed by atoms with Crippen molar-refractivity contribution in [1.82, 2.24) is 20.0 Å². The number of fused-ring (bicyclic) bond motifs is 1. The third kappa shape index (κ3) is 3.84. The molecule has 2 heterocycles. The van der Waals surface area contributed by atoms with Crippen molar-refractivity contribution in [2.45, 2.75) is 52.9 Å². The van der Waals surface area contributed by atoms with Gasteiger partial charge in [-0.05, 0) is 61.3 Å². The third-order valence-corrected chi connectivity index (χ3v) is 6.05. The first-order valence-corrected chi connectivity index (χ1v) is 10.2. The molecule has 2 N–H and O–H groups in total. The molecule has 152 valence electrons. The van der Waals surface area contributed by atoms with E-state index in [0.29, 0.717) is 11.8 Å². The molecule has 6 heteroatoms. The number of aromatic amines is 1. The van der Waals surface area contributed by atoms with Gasteiger partial charge in [0.1, 0.15) is 5.69 Å². The van der Waals surface area contributed by atoms with E-state index in [0.717, 1.165) is 53.0 Å². The largest absolute Gasteiger partial charge is 0.481 e. The molecular formula is C23H28N4O2. The van der Waals surface area contributed by atoms with Crippen LogP contribution in [0.25, 0.3) is 22.6 Å². The van der Waals surface area contributed by atoms with Crippen molar-refractivity contribution in [3.63, 3.8) is 0 Å². The summed E-state index contributed by atoms with van der Waals surface area (Å²) in [6.07, 6.45) is 3.94. The van der Waals surface area contributed by atoms with Crippen LogP contribution in [0.5, 0.6) is 0 Å². The summed E-state index contributed by atoms with van der Waals surface area (Å²) < 4.78 is 2.02. The lowest BCUT2D eigenvalue weighted by Gasteiger charge is -2.29. The van der Waals surface area contributed by atoms with Crippen molar-refractivity contribution >= 4 is 5.97 Å². The average Bonchev–Trinajstić information content (AvgIpc) is 3.25. The molecule has 29 heavy (non-hydrogen) atoms. The Balaban J connectivity index is 1.62. The van der Waals surface area contributed by atoms with Gasteiger partial charge >= 0.3 is 5.97 Å². The molecule has 0 unspecified atom stereocenters. The Hall–Kier alpha value is -2.89. The average molecular weight is 393 g/mol. The minimum absolute atomic E-state index is 0.147. The Morgan fingerprint density at radius 3 is 2.83 bits per heavy atom. The maximum atomic E-state index is 10.8. The van der Waals surface area contributed by atoms with Gasteiger partial charge in [0, 0.05) is 30.3 Å². The van der Waals surface area contributed by atoms with Crippen molar-refractivity contribution in [3.8, 4) is 22.6 Å². The van der Waals surface area contributed by atoms with Crippen molar-refractivity contribution in [3.05, 3.63) is 46.6 Å². The number of aliphatic carboxylic acids is 1. The van der Waals surface area contributed by atoms with Crippen LogP contribution in [0.15, 0.2) is 24.3 Å². The quantitative estimate of drug-likeness (QED) is 0.677. The van der Waals surface area contributed by atoms with E-state index < -0.39 is 5.97 Å². The van der Waals surface area contributed by atoms with Crippen LogP contribution in [0, 0.1) is 12.3 Å². The molecule has 1 aliphatic rings. The topological polar surface area (TPSA) is 83.8 Å². The van der Waals surface area contributed by atoms with Crippen molar-refractivity contribution in [2.75, 3.05) is 0 Å². The number of hydrogen-bond acceptors (Lipinski definition) is 3. The summed E-state index contributed by atoms with van der Waals surface area (Å²) in [6, 6.07) is 8.16. The molecule has 0 atom stereocenters. The first-order valence-electron chi connectivity index (χ1n) is 10.2. The number of hydrogen-bond donors (Lipinski definition) is 2. The van der Waals surface area contributed by atoms with E-state index in [1.54, 1.807) is 0 Å². The molecule has 4 rings (SSSR count). The lowest BCUT2D eigenvalue weighted by Crippen LogP contribution is -2.23. The van der Waals surface area contributed by atoms with Crippen LogP contribution in [0.2, 0.25) is 0 Å². The second-order valence-corrected chi connectivity index (χ2v) is 8.94. The van der Waals surface area contributed by atoms with Crippen LogP contribution in [0.4, 0.5) is 0 Å². The van der Waals surface area contributed by atoms with E-state index in [2.05, 4.69) is 36.2 Å². The molecule has 3 aromatic rings. The van der Waals surface area contributed by atoms with E-state index in [4.69, 9.17) is 10.2 Å². The molecule has 0 saturated carbocycles. The zero-order valence-electron chi connectivity index (χ0n) is 17.5. The molecule has 1 aromatic carbocycles. The number of benzene rings is 1. The lowest BCUT2D eigenvalue weighted by molar-refractivity contribution is -0.136. The van der Waals surface area contributed by atoms with E-state index >= 15 is 0 Å². The smallest absolute Gasteiger partial charge is 0.303 e. The Morgan fingerprint density at radius 2 is 2.10 bits per heavy atom. The summed E-state index contributed by atoms with van der Waals surface area (Å²) in [7, 11) is 2.03. The molecule has 1 aliphatic carbocycles. The number of rotatable bonds is 5. The first-order chi connectivity index (χ1) is 13.7. The Labute approximate surface area is 171 Å². The van der Waals surface area contributed by atoms with E-state index in [1.807, 2.05) is 30.8 Å². The predicted molar refractivity (Wildman–Crippen MR) is 113 cm³/mol. The zero-order valence-corrected chi connectivity index (χ0v) is 17.5. The summed E-state index contributed by atoms with van der Waals surface area (Å²) in [4.78, 5) is 10.8. The molecule has 0 saturated heterocycles. The predicted octanol–water partition coefficient (Wildman–Crippen LogP) is 4.32. The van der Waals surface area contributed by atoms with Crippen LogP contribution in [-0.4, -0.2) is 31.1 Å². The number of nitrogens with one attached hydrogen (secondary N) is 1. The summed E-state index contributed by atoms with van der Waals surface area (Å²) in [5.74, 6) is -0.771. The number of carboxylic acid groups (broad SMARTS) is 1. The number of H-pyrrole nitrogens is 1. The van der Waals surface area contributed by atoms with Crippen molar-refractivity contribution in [1.29, 1.82) is 0 Å². The number of aromatic nitrogens is 4. The highest BCUT2D eigenvalue weighted by molar-refractivity contribution is 5.70. The van der Waals surface area contributed by atoms with Gasteiger partial charge in [-0.25, -0.2) is 0 Å². The Bertz CT molecular complexity index is 1070. The fraction of sp³-hybridized carbons (Fsp3) is 0.435. The minimum Gasteiger partial charge on any atom is -0.481 e. The number of carbonyl (C=O) groups is 1. The maximum Gasteiger partial charge on any atom is 0.303 e. The van der Waals surface area contributed by atoms with Gasteiger partial charge in [-0.15, -0.1) is 0 Å². The molecule has 2 aromatic heterocycles. The van der Waals surface area contributed by atoms with Gasteiger partial charge in [0.2, 0.25) is 0 Å². The van der Waals surface area contributed by atoms with Gasteiger partial charge in [-0.3, -0.25) is 14.6 Å². The van der Waals surface area contributed by atoms with Gasteiger partial charge in [0.25, 0.3) is 0 Å². The molecule has 0 spiro atoms. The van der Waals surface area contributed by atoms with Crippen LogP contribution in [-0.2, 0) is 31.1 Å². The van der Waals surface area contributed by atoms with Crippen LogP contribution in [0.1, 0.15) is 49.1 Å². The van der Waals surface area contributed by atoms with Gasteiger partial charge in [0.15, 0.2) is 0 Å². The van der Waals surface area contributed by atoms with Gasteiger partial charge < -0.3 is 5.11 Å². The second-order valence-electron chi connectivity index (χ2n) is 8.94. The minimum atomic E-state index is -0.771. The normalized spacial score (nSPS) is 15.3. The van der Waals surface area contributed by atoms with Crippen LogP contribution in [0.3, 0.4) is 0 Å². The molecule has 0 radical (unpaired) electrons. The lowest BCUT2D eigenvalue weighted by atomic mass is 9.76. The summed E-state index contributed by atoms with van der Waals surface area (Å²) >= 11 is 0. The molecule has 0 fully saturated rings. The number of carboxylic acids is 1. The third-order valence-electron chi connectivity index (χ3n) is 6.05. The van der Waals surface area contributed by atoms with Crippen molar-refractivity contribution < 1.29 is 9.90 Å². The number of aryl methyl sites for hydroxylation is 3. The Morgan fingerprint density at radius 1 is 1.31 bits per heavy atom. The maximum absolute atomic E-state index is 10.8. The first kappa shape index (κ1) is 19.4. The van der Waals surface area contributed by atoms with Crippen LogP contribution < -0.4 is 0 Å². The summed E-state index contributed by atoms with van der Waals surface area (Å²) in [6.45, 7) is 6.66. The number of nitrogens with zero attached hydrogens (tertiary/aromatic N) is 3. The zero-order chi connectivity index (χ0) is 20.8. The summed E-state index contributed by atoms with van der Waals surface area (Å²) in [5, 5.41) is 21.4. The summed E-state index contributed by atoms with van der Waals surface area (Å²) in [5.41, 5.74) is 8.98. The molecule has 0 amide bonds. The van der Waals surface area contributed by atoms with Crippen LogP contribution >= 0.6 is 0 Å². The SMILES string of the molecule is Cc1cc(-c2cc(-c3nn(C)c4c3CCC(C)(C)C4)[nH]n2)ccc1CCC(=O)O. The molecular weight excluding hydrogens is 364 g/mol. The second kappa shape index (κ2) is 7.17. The fourth-order valence-electron chi connectivity index (χ4n) is 4.28. The highest BCUT2D eigenvalue weighted by Crippen LogP contribution is 2.38. The van der Waals surface area contributed by atoms with E-state index in [9.17, 15) is 4.79 Å². The monoisotopic (exact) mass is 392 g/mol. The molecule has 0 bridgehead atoms. The van der Waals surface area contributed by atoms with Crippen molar-refractivity contribution in [2.24, 2.45) is 12.5 Å². The van der Waals surface area contributed by atoms with E-state index in [1.165, 1.54) is 11.3 Å². The fourth-order valence-corrected chi connectivity index (χ4v) is 4.28. The van der Waals surface area contributed by atoms with Gasteiger partial charge in [-0.1, -0.05) is 26.0 Å². The molecule has 6 nitrogen and oxygen atoms in total. The van der Waals surface area contributed by atoms with Gasteiger partial charge in [-0.2, -0.15) is 10.2 Å².